The van der Waals surface area contributed by atoms with E-state index in [0.717, 1.165) is 23.7 Å². The second-order valence-electron chi connectivity index (χ2n) is 5.56. The number of carbonyl (C=O) groups excluding carboxylic acids is 1. The molecule has 0 spiro atoms. The largest absolute Gasteiger partial charge is 0.393 e. The Morgan fingerprint density at radius 2 is 1.84 bits per heavy atom. The van der Waals surface area contributed by atoms with Gasteiger partial charge in [0, 0.05) is 23.5 Å². The van der Waals surface area contributed by atoms with Gasteiger partial charge < -0.3 is 10.0 Å². The van der Waals surface area contributed by atoms with Gasteiger partial charge >= 0.3 is 0 Å². The van der Waals surface area contributed by atoms with Gasteiger partial charge in [-0.3, -0.25) is 4.79 Å². The lowest BCUT2D eigenvalue weighted by atomic mass is 10.1. The van der Waals surface area contributed by atoms with Gasteiger partial charge in [0.25, 0.3) is 0 Å². The van der Waals surface area contributed by atoms with E-state index < -0.39 is 0 Å². The third kappa shape index (κ3) is 2.84. The van der Waals surface area contributed by atoms with E-state index in [9.17, 15) is 9.90 Å². The van der Waals surface area contributed by atoms with Crippen molar-refractivity contribution in [1.29, 1.82) is 0 Å². The molecule has 1 heterocycles. The molecule has 0 radical (unpaired) electrons. The molecule has 0 aromatic heterocycles. The monoisotopic (exact) mass is 323 g/mol. The van der Waals surface area contributed by atoms with Crippen molar-refractivity contribution in [2.24, 2.45) is 5.92 Å². The predicted molar refractivity (Wildman–Crippen MR) is 76.8 cm³/mol. The van der Waals surface area contributed by atoms with E-state index >= 15 is 0 Å². The molecule has 0 unspecified atom stereocenters. The maximum absolute atomic E-state index is 12.4. The quantitative estimate of drug-likeness (QED) is 0.908. The first-order chi connectivity index (χ1) is 9.15. The fourth-order valence-electron chi connectivity index (χ4n) is 2.87. The lowest BCUT2D eigenvalue weighted by molar-refractivity contribution is -0.134. The number of amides is 1. The smallest absolute Gasteiger partial charge is 0.226 e. The third-order valence-electron chi connectivity index (χ3n) is 4.18. The summed E-state index contributed by atoms with van der Waals surface area (Å²) in [5.41, 5.74) is 1.26. The first-order valence-electron chi connectivity index (χ1n) is 6.87. The maximum atomic E-state index is 12.4. The molecule has 1 aromatic carbocycles. The van der Waals surface area contributed by atoms with E-state index in [4.69, 9.17) is 0 Å². The van der Waals surface area contributed by atoms with Crippen LogP contribution in [0.5, 0.6) is 0 Å². The number of piperidine rings is 1. The van der Waals surface area contributed by atoms with Crippen molar-refractivity contribution >= 4 is 21.8 Å². The second-order valence-corrected chi connectivity index (χ2v) is 6.47. The number of carbonyl (C=O) groups is 1. The molecule has 2 atom stereocenters. The van der Waals surface area contributed by atoms with Crippen molar-refractivity contribution in [3.05, 3.63) is 34.3 Å². The zero-order valence-electron chi connectivity index (χ0n) is 10.8. The zero-order chi connectivity index (χ0) is 13.4. The highest BCUT2D eigenvalue weighted by Gasteiger charge is 2.45. The van der Waals surface area contributed by atoms with Gasteiger partial charge in [0.15, 0.2) is 0 Å². The van der Waals surface area contributed by atoms with E-state index in [-0.39, 0.29) is 17.9 Å². The predicted octanol–water partition coefficient (Wildman–Crippen LogP) is 2.54. The summed E-state index contributed by atoms with van der Waals surface area (Å²) in [6.07, 6.45) is 2.20. The van der Waals surface area contributed by atoms with Crippen LogP contribution in [-0.4, -0.2) is 35.1 Å². The van der Waals surface area contributed by atoms with E-state index in [1.54, 1.807) is 0 Å². The number of hydrogen-bond acceptors (Lipinski definition) is 2. The Kier molecular flexibility index (Phi) is 3.63. The Hall–Kier alpha value is -0.870. The Balaban J connectivity index is 1.60. The topological polar surface area (TPSA) is 40.5 Å². The number of likely N-dealkylation sites (tertiary alicyclic amines) is 1. The number of benzene rings is 1. The minimum atomic E-state index is -0.217. The number of nitrogens with zero attached hydrogens (tertiary/aromatic N) is 1. The maximum Gasteiger partial charge on any atom is 0.226 e. The molecule has 1 aliphatic carbocycles. The molecule has 102 valence electrons. The Morgan fingerprint density at radius 1 is 1.21 bits per heavy atom. The highest BCUT2D eigenvalue weighted by molar-refractivity contribution is 9.10. The van der Waals surface area contributed by atoms with E-state index in [2.05, 4.69) is 28.1 Å². The minimum absolute atomic E-state index is 0.163. The normalized spacial score (nSPS) is 27.4. The van der Waals surface area contributed by atoms with Gasteiger partial charge in [-0.1, -0.05) is 28.1 Å². The summed E-state index contributed by atoms with van der Waals surface area (Å²) in [7, 11) is 0. The summed E-state index contributed by atoms with van der Waals surface area (Å²) in [6.45, 7) is 1.42. The summed E-state index contributed by atoms with van der Waals surface area (Å²) < 4.78 is 1.07. The summed E-state index contributed by atoms with van der Waals surface area (Å²) in [6, 6.07) is 8.27. The molecule has 3 nitrogen and oxygen atoms in total. The van der Waals surface area contributed by atoms with Gasteiger partial charge in [-0.05, 0) is 42.9 Å². The SMILES string of the molecule is O=C([C@H]1C[C@@H]1c1ccc(Br)cc1)N1CCC(O)CC1. The van der Waals surface area contributed by atoms with Crippen molar-refractivity contribution < 1.29 is 9.90 Å². The van der Waals surface area contributed by atoms with Crippen molar-refractivity contribution in [1.82, 2.24) is 4.90 Å². The molecular formula is C15H18BrNO2. The standard InChI is InChI=1S/C15H18BrNO2/c16-11-3-1-10(2-4-11)13-9-14(13)15(19)17-7-5-12(18)6-8-17/h1-4,12-14,18H,5-9H2/t13-,14+/m1/s1. The third-order valence-corrected chi connectivity index (χ3v) is 4.71. The summed E-state index contributed by atoms with van der Waals surface area (Å²) in [5, 5.41) is 9.48. The molecule has 2 aliphatic rings. The van der Waals surface area contributed by atoms with Gasteiger partial charge in [-0.2, -0.15) is 0 Å². The molecule has 1 N–H and O–H groups in total. The fourth-order valence-corrected chi connectivity index (χ4v) is 3.13. The summed E-state index contributed by atoms with van der Waals surface area (Å²) in [4.78, 5) is 14.3. The van der Waals surface area contributed by atoms with E-state index in [0.29, 0.717) is 19.0 Å². The number of aliphatic hydroxyl groups is 1. The van der Waals surface area contributed by atoms with Crippen molar-refractivity contribution in [2.45, 2.75) is 31.3 Å². The molecule has 4 heteroatoms. The molecule has 1 aliphatic heterocycles. The van der Waals surface area contributed by atoms with Gasteiger partial charge in [-0.25, -0.2) is 0 Å². The number of aliphatic hydroxyl groups excluding tert-OH is 1. The van der Waals surface area contributed by atoms with Crippen LogP contribution in [0.1, 0.15) is 30.7 Å². The molecule has 2 fully saturated rings. The van der Waals surface area contributed by atoms with Gasteiger partial charge in [-0.15, -0.1) is 0 Å². The fraction of sp³-hybridized carbons (Fsp3) is 0.533. The first-order valence-corrected chi connectivity index (χ1v) is 7.67. The average Bonchev–Trinajstić information content (AvgIpc) is 3.20. The van der Waals surface area contributed by atoms with Crippen molar-refractivity contribution in [2.75, 3.05) is 13.1 Å². The van der Waals surface area contributed by atoms with Gasteiger partial charge in [0.1, 0.15) is 0 Å². The molecule has 0 bridgehead atoms. The lowest BCUT2D eigenvalue weighted by Gasteiger charge is -2.29. The first kappa shape index (κ1) is 13.1. The van der Waals surface area contributed by atoms with Crippen LogP contribution in [0, 0.1) is 5.92 Å². The van der Waals surface area contributed by atoms with Gasteiger partial charge in [0.05, 0.1) is 6.10 Å². The van der Waals surface area contributed by atoms with Crippen molar-refractivity contribution in [3.63, 3.8) is 0 Å². The molecule has 1 saturated carbocycles. The summed E-state index contributed by atoms with van der Waals surface area (Å²) >= 11 is 3.43. The lowest BCUT2D eigenvalue weighted by Crippen LogP contribution is -2.41. The second kappa shape index (κ2) is 5.25. The van der Waals surface area contributed by atoms with Crippen LogP contribution in [0.25, 0.3) is 0 Å². The van der Waals surface area contributed by atoms with E-state index in [1.165, 1.54) is 5.56 Å². The van der Waals surface area contributed by atoms with Gasteiger partial charge in [0.2, 0.25) is 5.91 Å². The van der Waals surface area contributed by atoms with Crippen LogP contribution in [0.3, 0.4) is 0 Å². The zero-order valence-corrected chi connectivity index (χ0v) is 12.3. The highest BCUT2D eigenvalue weighted by Crippen LogP contribution is 2.48. The van der Waals surface area contributed by atoms with Crippen LogP contribution in [0.15, 0.2) is 28.7 Å². The van der Waals surface area contributed by atoms with E-state index in [1.807, 2.05) is 17.0 Å². The van der Waals surface area contributed by atoms with Crippen LogP contribution >= 0.6 is 15.9 Å². The van der Waals surface area contributed by atoms with Crippen LogP contribution in [0.4, 0.5) is 0 Å². The van der Waals surface area contributed by atoms with Crippen LogP contribution < -0.4 is 0 Å². The summed E-state index contributed by atoms with van der Waals surface area (Å²) in [5.74, 6) is 0.837. The van der Waals surface area contributed by atoms with Crippen molar-refractivity contribution in [3.8, 4) is 0 Å². The average molecular weight is 324 g/mol. The highest BCUT2D eigenvalue weighted by atomic mass is 79.9. The molecule has 1 amide bonds. The molecule has 19 heavy (non-hydrogen) atoms. The number of halogens is 1. The molecular weight excluding hydrogens is 306 g/mol. The minimum Gasteiger partial charge on any atom is -0.393 e. The Labute approximate surface area is 121 Å². The Bertz CT molecular complexity index is 466. The molecule has 1 aromatic rings. The number of rotatable bonds is 2. The molecule has 3 rings (SSSR count). The number of hydrogen-bond donors (Lipinski definition) is 1. The Morgan fingerprint density at radius 3 is 2.47 bits per heavy atom. The van der Waals surface area contributed by atoms with Crippen LogP contribution in [0.2, 0.25) is 0 Å². The van der Waals surface area contributed by atoms with Crippen LogP contribution in [-0.2, 0) is 4.79 Å². The molecule has 1 saturated heterocycles.